The topological polar surface area (TPSA) is 59.5 Å². The van der Waals surface area contributed by atoms with Gasteiger partial charge in [-0.25, -0.2) is 14.4 Å². The molecule has 0 unspecified atom stereocenters. The second-order valence-electron chi connectivity index (χ2n) is 9.15. The molecule has 0 spiro atoms. The van der Waals surface area contributed by atoms with Crippen molar-refractivity contribution in [2.24, 2.45) is 0 Å². The van der Waals surface area contributed by atoms with Gasteiger partial charge >= 0.3 is 0 Å². The Morgan fingerprint density at radius 1 is 1.03 bits per heavy atom. The Labute approximate surface area is 221 Å². The fourth-order valence-corrected chi connectivity index (χ4v) is 4.96. The van der Waals surface area contributed by atoms with Gasteiger partial charge in [-0.15, -0.1) is 0 Å². The van der Waals surface area contributed by atoms with Crippen LogP contribution < -0.4 is 14.8 Å². The van der Waals surface area contributed by atoms with E-state index in [-0.39, 0.29) is 11.9 Å². The van der Waals surface area contributed by atoms with Crippen LogP contribution in [0.15, 0.2) is 60.7 Å². The zero-order chi connectivity index (χ0) is 25.8. The van der Waals surface area contributed by atoms with Crippen LogP contribution in [0.25, 0.3) is 22.2 Å². The average molecular weight is 521 g/mol. The molecule has 0 atom stereocenters. The fourth-order valence-electron chi connectivity index (χ4n) is 4.79. The Bertz CT molecular complexity index is 1390. The first kappa shape index (κ1) is 25.2. The number of anilines is 1. The third-order valence-corrected chi connectivity index (χ3v) is 6.88. The minimum absolute atomic E-state index is 0.226. The van der Waals surface area contributed by atoms with E-state index in [1.807, 2.05) is 19.1 Å². The number of nitrogens with zero attached hydrogens (tertiary/aromatic N) is 3. The highest BCUT2D eigenvalue weighted by atomic mass is 35.5. The number of hydrogen-bond acceptors (Lipinski definition) is 6. The molecule has 0 amide bonds. The van der Waals surface area contributed by atoms with E-state index in [9.17, 15) is 4.39 Å². The summed E-state index contributed by atoms with van der Waals surface area (Å²) < 4.78 is 25.8. The molecule has 5 rings (SSSR count). The highest BCUT2D eigenvalue weighted by Gasteiger charge is 2.22. The van der Waals surface area contributed by atoms with Gasteiger partial charge in [0.2, 0.25) is 5.95 Å². The Hall–Kier alpha value is -3.42. The van der Waals surface area contributed by atoms with Crippen LogP contribution in [0.1, 0.15) is 25.3 Å². The molecular formula is C29H30ClFN4O2. The summed E-state index contributed by atoms with van der Waals surface area (Å²) in [6, 6.07) is 18.4. The largest absolute Gasteiger partial charge is 0.493 e. The quantitative estimate of drug-likeness (QED) is 0.283. The summed E-state index contributed by atoms with van der Waals surface area (Å²) in [5.74, 6) is 1.70. The SMILES string of the molecule is CCOc1cc(CN2CCC(Nc3nc(-c4ccccc4F)c4cc(Cl)ccc4n3)CC2)ccc1OC. The predicted molar refractivity (Wildman–Crippen MR) is 146 cm³/mol. The molecule has 1 saturated heterocycles. The molecule has 3 aromatic carbocycles. The fraction of sp³-hybridized carbons (Fsp3) is 0.310. The molecule has 1 aliphatic heterocycles. The second kappa shape index (κ2) is 11.3. The number of likely N-dealkylation sites (tertiary alicyclic amines) is 1. The van der Waals surface area contributed by atoms with Crippen LogP contribution in [0.4, 0.5) is 10.3 Å². The minimum atomic E-state index is -0.326. The lowest BCUT2D eigenvalue weighted by atomic mass is 10.0. The van der Waals surface area contributed by atoms with Crippen molar-refractivity contribution in [2.45, 2.75) is 32.4 Å². The van der Waals surface area contributed by atoms with Crippen molar-refractivity contribution in [3.63, 3.8) is 0 Å². The van der Waals surface area contributed by atoms with Gasteiger partial charge in [-0.1, -0.05) is 29.8 Å². The Morgan fingerprint density at radius 2 is 1.84 bits per heavy atom. The number of benzene rings is 3. The lowest BCUT2D eigenvalue weighted by Crippen LogP contribution is -2.39. The van der Waals surface area contributed by atoms with Crippen molar-refractivity contribution in [3.05, 3.63) is 77.1 Å². The normalized spacial score (nSPS) is 14.6. The summed E-state index contributed by atoms with van der Waals surface area (Å²) in [4.78, 5) is 11.9. The molecule has 0 aliphatic carbocycles. The van der Waals surface area contributed by atoms with Gasteiger partial charge in [0.15, 0.2) is 11.5 Å². The van der Waals surface area contributed by atoms with Crippen LogP contribution in [0.5, 0.6) is 11.5 Å². The monoisotopic (exact) mass is 520 g/mol. The minimum Gasteiger partial charge on any atom is -0.493 e. The lowest BCUT2D eigenvalue weighted by Gasteiger charge is -2.32. The third kappa shape index (κ3) is 5.78. The van der Waals surface area contributed by atoms with Gasteiger partial charge in [0.1, 0.15) is 5.82 Å². The maximum Gasteiger partial charge on any atom is 0.224 e. The van der Waals surface area contributed by atoms with E-state index < -0.39 is 0 Å². The summed E-state index contributed by atoms with van der Waals surface area (Å²) in [6.45, 7) is 5.30. The van der Waals surface area contributed by atoms with Crippen LogP contribution in [0.2, 0.25) is 5.02 Å². The molecule has 4 aromatic rings. The smallest absolute Gasteiger partial charge is 0.224 e. The van der Waals surface area contributed by atoms with E-state index in [2.05, 4.69) is 22.3 Å². The van der Waals surface area contributed by atoms with E-state index >= 15 is 0 Å². The van der Waals surface area contributed by atoms with Crippen molar-refractivity contribution in [2.75, 3.05) is 32.1 Å². The van der Waals surface area contributed by atoms with Gasteiger partial charge in [-0.2, -0.15) is 0 Å². The molecule has 0 saturated carbocycles. The zero-order valence-electron chi connectivity index (χ0n) is 21.0. The Kier molecular flexibility index (Phi) is 7.72. The first-order valence-corrected chi connectivity index (χ1v) is 12.9. The Morgan fingerprint density at radius 3 is 2.59 bits per heavy atom. The molecule has 8 heteroatoms. The number of fused-ring (bicyclic) bond motifs is 1. The van der Waals surface area contributed by atoms with Gasteiger partial charge < -0.3 is 14.8 Å². The summed E-state index contributed by atoms with van der Waals surface area (Å²) in [7, 11) is 1.66. The highest BCUT2D eigenvalue weighted by Crippen LogP contribution is 2.32. The van der Waals surface area contributed by atoms with Crippen molar-refractivity contribution < 1.29 is 13.9 Å². The predicted octanol–water partition coefficient (Wildman–Crippen LogP) is 6.57. The summed E-state index contributed by atoms with van der Waals surface area (Å²) in [6.07, 6.45) is 1.90. The number of methoxy groups -OCH3 is 1. The van der Waals surface area contributed by atoms with E-state index in [0.717, 1.165) is 54.9 Å². The molecule has 1 aromatic heterocycles. The zero-order valence-corrected chi connectivity index (χ0v) is 21.8. The lowest BCUT2D eigenvalue weighted by molar-refractivity contribution is 0.210. The molecule has 0 bridgehead atoms. The molecule has 1 fully saturated rings. The van der Waals surface area contributed by atoms with E-state index in [0.29, 0.717) is 28.8 Å². The molecule has 192 valence electrons. The number of rotatable bonds is 8. The van der Waals surface area contributed by atoms with Crippen molar-refractivity contribution in [1.29, 1.82) is 0 Å². The van der Waals surface area contributed by atoms with Gasteiger partial charge in [0.05, 0.1) is 24.9 Å². The number of ether oxygens (including phenoxy) is 2. The summed E-state index contributed by atoms with van der Waals surface area (Å²) in [5, 5.41) is 4.79. The first-order chi connectivity index (χ1) is 18.0. The van der Waals surface area contributed by atoms with Crippen LogP contribution >= 0.6 is 11.6 Å². The van der Waals surface area contributed by atoms with Crippen LogP contribution in [0.3, 0.4) is 0 Å². The van der Waals surface area contributed by atoms with Crippen molar-refractivity contribution >= 4 is 28.5 Å². The Balaban J connectivity index is 1.29. The van der Waals surface area contributed by atoms with Gasteiger partial charge in [0, 0.05) is 41.6 Å². The van der Waals surface area contributed by atoms with Crippen LogP contribution in [-0.4, -0.2) is 47.7 Å². The molecule has 2 heterocycles. The molecule has 6 nitrogen and oxygen atoms in total. The summed E-state index contributed by atoms with van der Waals surface area (Å²) >= 11 is 6.24. The molecule has 1 N–H and O–H groups in total. The van der Waals surface area contributed by atoms with Gasteiger partial charge in [-0.05, 0) is 67.8 Å². The molecule has 37 heavy (non-hydrogen) atoms. The number of halogens is 2. The maximum atomic E-state index is 14.7. The molecule has 0 radical (unpaired) electrons. The van der Waals surface area contributed by atoms with Crippen LogP contribution in [0, 0.1) is 5.82 Å². The van der Waals surface area contributed by atoms with Crippen molar-refractivity contribution in [1.82, 2.24) is 14.9 Å². The van der Waals surface area contributed by atoms with E-state index in [1.54, 1.807) is 37.4 Å². The van der Waals surface area contributed by atoms with E-state index in [4.69, 9.17) is 31.0 Å². The average Bonchev–Trinajstić information content (AvgIpc) is 2.90. The van der Waals surface area contributed by atoms with Crippen LogP contribution in [-0.2, 0) is 6.54 Å². The van der Waals surface area contributed by atoms with Crippen molar-refractivity contribution in [3.8, 4) is 22.8 Å². The number of aromatic nitrogens is 2. The maximum absolute atomic E-state index is 14.7. The molecule has 1 aliphatic rings. The number of nitrogens with one attached hydrogen (secondary N) is 1. The summed E-state index contributed by atoms with van der Waals surface area (Å²) in [5.41, 5.74) is 2.89. The molecular weight excluding hydrogens is 491 g/mol. The number of hydrogen-bond donors (Lipinski definition) is 1. The standard InChI is InChI=1S/C29H30ClFN4O2/c1-3-37-27-16-19(8-11-26(27)36-2)18-35-14-12-21(13-15-35)32-29-33-25-10-9-20(30)17-23(25)28(34-29)22-6-4-5-7-24(22)31/h4-11,16-17,21H,3,12-15,18H2,1-2H3,(H,32,33,34). The van der Waals surface area contributed by atoms with E-state index in [1.165, 1.54) is 11.6 Å². The third-order valence-electron chi connectivity index (χ3n) is 6.64. The van der Waals surface area contributed by atoms with Gasteiger partial charge in [-0.3, -0.25) is 4.90 Å². The second-order valence-corrected chi connectivity index (χ2v) is 9.59. The highest BCUT2D eigenvalue weighted by molar-refractivity contribution is 6.31. The first-order valence-electron chi connectivity index (χ1n) is 12.5. The number of piperidine rings is 1. The van der Waals surface area contributed by atoms with Gasteiger partial charge in [0.25, 0.3) is 0 Å².